The highest BCUT2D eigenvalue weighted by Gasteiger charge is 2.39. The Morgan fingerprint density at radius 3 is 2.53 bits per heavy atom. The third-order valence-corrected chi connectivity index (χ3v) is 5.97. The number of carbonyl (C=O) groups is 3. The first-order valence-electron chi connectivity index (χ1n) is 9.20. The van der Waals surface area contributed by atoms with Crippen LogP contribution in [0.1, 0.15) is 12.8 Å². The van der Waals surface area contributed by atoms with Crippen LogP contribution in [0.3, 0.4) is 0 Å². The van der Waals surface area contributed by atoms with Crippen LogP contribution < -0.4 is 5.32 Å². The Morgan fingerprint density at radius 1 is 1.17 bits per heavy atom. The van der Waals surface area contributed by atoms with Crippen molar-refractivity contribution in [2.45, 2.75) is 18.1 Å². The van der Waals surface area contributed by atoms with E-state index in [1.165, 1.54) is 23.8 Å². The quantitative estimate of drug-likeness (QED) is 0.594. The first kappa shape index (κ1) is 22.0. The summed E-state index contributed by atoms with van der Waals surface area (Å²) in [6.07, 6.45) is 0.0521. The van der Waals surface area contributed by atoms with Gasteiger partial charge < -0.3 is 10.1 Å². The Kier molecular flexibility index (Phi) is 7.64. The molecule has 1 aliphatic rings. The lowest BCUT2D eigenvalue weighted by molar-refractivity contribution is -0.141. The predicted molar refractivity (Wildman–Crippen MR) is 121 cm³/mol. The van der Waals surface area contributed by atoms with Gasteiger partial charge in [0.25, 0.3) is 0 Å². The van der Waals surface area contributed by atoms with Crippen molar-refractivity contribution in [2.75, 3.05) is 19.0 Å². The SMILES string of the molecule is COC(=O)CCN1C(=O)[C@H](CC(=O)Nc2ccc(Br)cc2)SC1=Nc1ccccc1. The molecule has 0 radical (unpaired) electrons. The van der Waals surface area contributed by atoms with Crippen molar-refractivity contribution in [3.63, 3.8) is 0 Å². The number of ether oxygens (including phenoxy) is 1. The number of amidine groups is 1. The number of benzene rings is 2. The summed E-state index contributed by atoms with van der Waals surface area (Å²) in [6.45, 7) is 0.148. The summed E-state index contributed by atoms with van der Waals surface area (Å²) < 4.78 is 5.58. The molecule has 0 aromatic heterocycles. The van der Waals surface area contributed by atoms with Crippen molar-refractivity contribution < 1.29 is 19.1 Å². The van der Waals surface area contributed by atoms with E-state index in [1.807, 2.05) is 42.5 Å². The third kappa shape index (κ3) is 5.93. The van der Waals surface area contributed by atoms with Crippen LogP contribution in [0.2, 0.25) is 0 Å². The first-order valence-corrected chi connectivity index (χ1v) is 10.9. The van der Waals surface area contributed by atoms with Gasteiger partial charge in [-0.2, -0.15) is 0 Å². The monoisotopic (exact) mass is 489 g/mol. The van der Waals surface area contributed by atoms with E-state index in [4.69, 9.17) is 0 Å². The minimum Gasteiger partial charge on any atom is -0.469 e. The van der Waals surface area contributed by atoms with E-state index in [0.717, 1.165) is 4.47 Å². The van der Waals surface area contributed by atoms with Crippen LogP contribution in [0.4, 0.5) is 11.4 Å². The normalized spacial score (nSPS) is 17.3. The molecular weight excluding hydrogens is 470 g/mol. The second-order valence-electron chi connectivity index (χ2n) is 6.41. The number of carbonyl (C=O) groups excluding carboxylic acids is 3. The maximum atomic E-state index is 12.9. The summed E-state index contributed by atoms with van der Waals surface area (Å²) in [5.74, 6) is -0.926. The van der Waals surface area contributed by atoms with Gasteiger partial charge in [0, 0.05) is 23.1 Å². The number of methoxy groups -OCH3 is 1. The zero-order valence-corrected chi connectivity index (χ0v) is 18.6. The number of hydrogen-bond donors (Lipinski definition) is 1. The van der Waals surface area contributed by atoms with Crippen LogP contribution in [0, 0.1) is 0 Å². The van der Waals surface area contributed by atoms with Crippen LogP contribution in [-0.4, -0.2) is 46.8 Å². The second-order valence-corrected chi connectivity index (χ2v) is 8.50. The molecular formula is C21H20BrN3O4S. The molecule has 2 amide bonds. The molecule has 0 aliphatic carbocycles. The molecule has 0 bridgehead atoms. The number of aliphatic imine (C=N–C) groups is 1. The smallest absolute Gasteiger partial charge is 0.307 e. The van der Waals surface area contributed by atoms with E-state index in [-0.39, 0.29) is 31.2 Å². The lowest BCUT2D eigenvalue weighted by atomic mass is 10.2. The minimum atomic E-state index is -0.611. The number of hydrogen-bond acceptors (Lipinski definition) is 6. The van der Waals surface area contributed by atoms with Crippen molar-refractivity contribution >= 4 is 62.0 Å². The summed E-state index contributed by atoms with van der Waals surface area (Å²) >= 11 is 4.58. The zero-order valence-electron chi connectivity index (χ0n) is 16.2. The number of thioether (sulfide) groups is 1. The number of halogens is 1. The highest BCUT2D eigenvalue weighted by atomic mass is 79.9. The molecule has 7 nitrogen and oxygen atoms in total. The van der Waals surface area contributed by atoms with Gasteiger partial charge in [-0.25, -0.2) is 4.99 Å². The third-order valence-electron chi connectivity index (χ3n) is 4.27. The predicted octanol–water partition coefficient (Wildman–Crippen LogP) is 3.97. The van der Waals surface area contributed by atoms with Gasteiger partial charge in [-0.3, -0.25) is 19.3 Å². The van der Waals surface area contributed by atoms with Crippen molar-refractivity contribution in [1.29, 1.82) is 0 Å². The second kappa shape index (κ2) is 10.4. The zero-order chi connectivity index (χ0) is 21.5. The van der Waals surface area contributed by atoms with Gasteiger partial charge in [0.15, 0.2) is 5.17 Å². The maximum Gasteiger partial charge on any atom is 0.307 e. The van der Waals surface area contributed by atoms with Crippen LogP contribution in [0.25, 0.3) is 0 Å². The number of amides is 2. The molecule has 3 rings (SSSR count). The highest BCUT2D eigenvalue weighted by Crippen LogP contribution is 2.32. The minimum absolute atomic E-state index is 0.00208. The maximum absolute atomic E-state index is 12.9. The fourth-order valence-corrected chi connectivity index (χ4v) is 4.21. The average molecular weight is 490 g/mol. The standard InChI is InChI=1S/C21H20BrN3O4S/c1-29-19(27)11-12-25-20(28)17(30-21(25)24-15-5-3-2-4-6-15)13-18(26)23-16-9-7-14(22)8-10-16/h2-10,17H,11-13H2,1H3,(H,23,26)/t17-/m0/s1. The van der Waals surface area contributed by atoms with Crippen LogP contribution in [0.15, 0.2) is 64.1 Å². The molecule has 2 aromatic rings. The number of nitrogens with one attached hydrogen (secondary N) is 1. The van der Waals surface area contributed by atoms with Crippen LogP contribution >= 0.6 is 27.7 Å². The van der Waals surface area contributed by atoms with Crippen molar-refractivity contribution in [3.05, 3.63) is 59.1 Å². The Labute approximate surface area is 187 Å². The van der Waals surface area contributed by atoms with E-state index in [0.29, 0.717) is 16.5 Å². The number of para-hydroxylation sites is 1. The van der Waals surface area contributed by atoms with Gasteiger partial charge in [0.2, 0.25) is 11.8 Å². The number of nitrogens with zero attached hydrogens (tertiary/aromatic N) is 2. The van der Waals surface area contributed by atoms with E-state index in [1.54, 1.807) is 12.1 Å². The molecule has 0 saturated carbocycles. The fraction of sp³-hybridized carbons (Fsp3) is 0.238. The van der Waals surface area contributed by atoms with E-state index in [9.17, 15) is 14.4 Å². The van der Waals surface area contributed by atoms with Crippen molar-refractivity contribution in [2.24, 2.45) is 4.99 Å². The van der Waals surface area contributed by atoms with E-state index < -0.39 is 11.2 Å². The van der Waals surface area contributed by atoms with E-state index in [2.05, 4.69) is 31.0 Å². The van der Waals surface area contributed by atoms with Gasteiger partial charge in [-0.1, -0.05) is 45.9 Å². The summed E-state index contributed by atoms with van der Waals surface area (Å²) in [7, 11) is 1.30. The molecule has 1 N–H and O–H groups in total. The molecule has 1 atom stereocenters. The molecule has 0 unspecified atom stereocenters. The molecule has 9 heteroatoms. The van der Waals surface area contributed by atoms with Crippen molar-refractivity contribution in [1.82, 2.24) is 4.90 Å². The largest absolute Gasteiger partial charge is 0.469 e. The molecule has 0 spiro atoms. The summed E-state index contributed by atoms with van der Waals surface area (Å²) in [6, 6.07) is 16.4. The molecule has 156 valence electrons. The molecule has 2 aromatic carbocycles. The Bertz CT molecular complexity index is 950. The Hall–Kier alpha value is -2.65. The summed E-state index contributed by atoms with van der Waals surface area (Å²) in [4.78, 5) is 42.9. The summed E-state index contributed by atoms with van der Waals surface area (Å²) in [5.41, 5.74) is 1.34. The molecule has 1 heterocycles. The fourth-order valence-electron chi connectivity index (χ4n) is 2.76. The highest BCUT2D eigenvalue weighted by molar-refractivity contribution is 9.10. The van der Waals surface area contributed by atoms with Gasteiger partial charge in [0.1, 0.15) is 5.25 Å². The van der Waals surface area contributed by atoms with Gasteiger partial charge in [-0.05, 0) is 36.4 Å². The van der Waals surface area contributed by atoms with E-state index >= 15 is 0 Å². The molecule has 30 heavy (non-hydrogen) atoms. The molecule has 1 fully saturated rings. The first-order chi connectivity index (χ1) is 14.5. The van der Waals surface area contributed by atoms with Crippen LogP contribution in [0.5, 0.6) is 0 Å². The number of rotatable bonds is 7. The lowest BCUT2D eigenvalue weighted by Crippen LogP contribution is -2.35. The number of esters is 1. The molecule has 1 aliphatic heterocycles. The van der Waals surface area contributed by atoms with Crippen LogP contribution in [-0.2, 0) is 19.1 Å². The topological polar surface area (TPSA) is 88.1 Å². The Balaban J connectivity index is 1.72. The average Bonchev–Trinajstić information content (AvgIpc) is 3.02. The lowest BCUT2D eigenvalue weighted by Gasteiger charge is -2.15. The Morgan fingerprint density at radius 2 is 1.87 bits per heavy atom. The summed E-state index contributed by atoms with van der Waals surface area (Å²) in [5, 5.41) is 2.66. The number of anilines is 1. The van der Waals surface area contributed by atoms with Gasteiger partial charge in [0.05, 0.1) is 19.2 Å². The van der Waals surface area contributed by atoms with Crippen molar-refractivity contribution in [3.8, 4) is 0 Å². The van der Waals surface area contributed by atoms with Gasteiger partial charge in [-0.15, -0.1) is 0 Å². The molecule has 1 saturated heterocycles. The van der Waals surface area contributed by atoms with Gasteiger partial charge >= 0.3 is 5.97 Å².